The van der Waals surface area contributed by atoms with E-state index in [4.69, 9.17) is 0 Å². The van der Waals surface area contributed by atoms with E-state index in [0.717, 1.165) is 15.6 Å². The third-order valence-corrected chi connectivity index (χ3v) is 4.40. The highest BCUT2D eigenvalue weighted by atomic mass is 79.9. The van der Waals surface area contributed by atoms with E-state index in [1.807, 2.05) is 37.3 Å². The zero-order valence-electron chi connectivity index (χ0n) is 13.5. The van der Waals surface area contributed by atoms with Crippen molar-refractivity contribution < 1.29 is 4.79 Å². The molecule has 1 amide bonds. The Hall–Kier alpha value is -2.80. The van der Waals surface area contributed by atoms with Gasteiger partial charge in [-0.05, 0) is 54.4 Å². The first kappa shape index (κ1) is 17.0. The number of amides is 1. The van der Waals surface area contributed by atoms with Gasteiger partial charge in [-0.25, -0.2) is 0 Å². The number of aryl methyl sites for hydroxylation is 1. The predicted molar refractivity (Wildman–Crippen MR) is 100 cm³/mol. The van der Waals surface area contributed by atoms with Crippen LogP contribution in [0, 0.1) is 6.92 Å². The Morgan fingerprint density at radius 1 is 1.16 bits per heavy atom. The molecular weight excluding hydrogens is 382 g/mol. The van der Waals surface area contributed by atoms with Crippen molar-refractivity contribution in [1.29, 1.82) is 0 Å². The number of halogens is 1. The molecule has 0 aliphatic heterocycles. The van der Waals surface area contributed by atoms with Crippen LogP contribution in [0.3, 0.4) is 0 Å². The Bertz CT molecular complexity index is 868. The maximum Gasteiger partial charge on any atom is 0.276 e. The van der Waals surface area contributed by atoms with E-state index in [0.29, 0.717) is 18.1 Å². The fourth-order valence-electron chi connectivity index (χ4n) is 2.16. The highest BCUT2D eigenvalue weighted by molar-refractivity contribution is 9.10. The second-order valence-corrected chi connectivity index (χ2v) is 6.29. The van der Waals surface area contributed by atoms with Gasteiger partial charge in [0.2, 0.25) is 0 Å². The summed E-state index contributed by atoms with van der Waals surface area (Å²) in [7, 11) is 0. The highest BCUT2D eigenvalue weighted by Crippen LogP contribution is 2.20. The maximum absolute atomic E-state index is 12.2. The van der Waals surface area contributed by atoms with Gasteiger partial charge in [0, 0.05) is 29.1 Å². The molecule has 0 saturated carbocycles. The molecule has 25 heavy (non-hydrogen) atoms. The maximum atomic E-state index is 12.2. The first-order valence-corrected chi connectivity index (χ1v) is 8.45. The smallest absolute Gasteiger partial charge is 0.276 e. The van der Waals surface area contributed by atoms with Crippen LogP contribution in [-0.4, -0.2) is 21.1 Å². The number of pyridine rings is 1. The average Bonchev–Trinajstić information content (AvgIpc) is 2.64. The van der Waals surface area contributed by atoms with Crippen molar-refractivity contribution in [3.8, 4) is 0 Å². The molecule has 1 aromatic carbocycles. The van der Waals surface area contributed by atoms with Gasteiger partial charge in [-0.1, -0.05) is 22.0 Å². The number of anilines is 2. The molecule has 3 aromatic rings. The van der Waals surface area contributed by atoms with Crippen LogP contribution in [0.1, 0.15) is 21.6 Å². The minimum atomic E-state index is -0.298. The molecule has 2 N–H and O–H groups in total. The normalized spacial score (nSPS) is 10.3. The van der Waals surface area contributed by atoms with Gasteiger partial charge in [0.05, 0.1) is 0 Å². The average molecular weight is 398 g/mol. The number of hydrogen-bond donors (Lipinski definition) is 2. The lowest BCUT2D eigenvalue weighted by atomic mass is 10.2. The van der Waals surface area contributed by atoms with Crippen molar-refractivity contribution in [3.63, 3.8) is 0 Å². The molecule has 2 heterocycles. The third-order valence-electron chi connectivity index (χ3n) is 3.51. The van der Waals surface area contributed by atoms with Gasteiger partial charge in [0.25, 0.3) is 5.91 Å². The van der Waals surface area contributed by atoms with E-state index in [1.165, 1.54) is 0 Å². The van der Waals surface area contributed by atoms with Crippen LogP contribution in [-0.2, 0) is 6.54 Å². The van der Waals surface area contributed by atoms with Crippen molar-refractivity contribution in [3.05, 3.63) is 76.2 Å². The van der Waals surface area contributed by atoms with E-state index in [9.17, 15) is 4.79 Å². The largest absolute Gasteiger partial charge is 0.364 e. The molecular formula is C18H16BrN5O. The minimum absolute atomic E-state index is 0.257. The first-order valence-electron chi connectivity index (χ1n) is 7.66. The van der Waals surface area contributed by atoms with Crippen molar-refractivity contribution >= 4 is 33.3 Å². The molecule has 0 fully saturated rings. The van der Waals surface area contributed by atoms with Gasteiger partial charge in [0.15, 0.2) is 5.69 Å². The third kappa shape index (κ3) is 4.60. The number of aromatic nitrogens is 3. The number of carbonyl (C=O) groups is 1. The predicted octanol–water partition coefficient (Wildman–Crippen LogP) is 3.81. The molecule has 6 nitrogen and oxygen atoms in total. The summed E-state index contributed by atoms with van der Waals surface area (Å²) in [5, 5.41) is 14.0. The Balaban J connectivity index is 1.61. The van der Waals surface area contributed by atoms with Gasteiger partial charge in [0.1, 0.15) is 5.82 Å². The number of hydrogen-bond acceptors (Lipinski definition) is 5. The van der Waals surface area contributed by atoms with Gasteiger partial charge < -0.3 is 10.6 Å². The van der Waals surface area contributed by atoms with Gasteiger partial charge in [-0.15, -0.1) is 10.2 Å². The van der Waals surface area contributed by atoms with Gasteiger partial charge in [-0.3, -0.25) is 9.78 Å². The Labute approximate surface area is 153 Å². The zero-order valence-corrected chi connectivity index (χ0v) is 15.1. The summed E-state index contributed by atoms with van der Waals surface area (Å²) in [5.74, 6) is 0.299. The van der Waals surface area contributed by atoms with Crippen molar-refractivity contribution in [2.24, 2.45) is 0 Å². The van der Waals surface area contributed by atoms with E-state index >= 15 is 0 Å². The van der Waals surface area contributed by atoms with Crippen LogP contribution >= 0.6 is 15.9 Å². The molecule has 0 bridgehead atoms. The Morgan fingerprint density at radius 2 is 2.04 bits per heavy atom. The summed E-state index contributed by atoms with van der Waals surface area (Å²) >= 11 is 3.43. The highest BCUT2D eigenvalue weighted by Gasteiger charge is 2.09. The quantitative estimate of drug-likeness (QED) is 0.684. The molecule has 0 radical (unpaired) electrons. The Morgan fingerprint density at radius 3 is 2.72 bits per heavy atom. The molecule has 0 spiro atoms. The number of nitrogens with zero attached hydrogens (tertiary/aromatic N) is 3. The fourth-order valence-corrected chi connectivity index (χ4v) is 2.41. The summed E-state index contributed by atoms with van der Waals surface area (Å²) in [6.07, 6.45) is 3.51. The van der Waals surface area contributed by atoms with Crippen LogP contribution in [0.4, 0.5) is 11.5 Å². The van der Waals surface area contributed by atoms with Crippen LogP contribution in [0.5, 0.6) is 0 Å². The second-order valence-electron chi connectivity index (χ2n) is 5.44. The molecule has 0 aliphatic carbocycles. The molecule has 0 atom stereocenters. The summed E-state index contributed by atoms with van der Waals surface area (Å²) < 4.78 is 0.995. The number of rotatable bonds is 5. The Kier molecular flexibility index (Phi) is 5.35. The zero-order chi connectivity index (χ0) is 17.6. The molecule has 2 aromatic heterocycles. The number of benzene rings is 1. The van der Waals surface area contributed by atoms with Crippen LogP contribution in [0.2, 0.25) is 0 Å². The monoisotopic (exact) mass is 397 g/mol. The lowest BCUT2D eigenvalue weighted by molar-refractivity contribution is 0.102. The molecule has 126 valence electrons. The molecule has 3 rings (SSSR count). The van der Waals surface area contributed by atoms with E-state index in [2.05, 4.69) is 41.7 Å². The summed E-state index contributed by atoms with van der Waals surface area (Å²) in [4.78, 5) is 16.3. The number of nitrogens with one attached hydrogen (secondary N) is 2. The van der Waals surface area contributed by atoms with E-state index < -0.39 is 0 Å². The van der Waals surface area contributed by atoms with Crippen molar-refractivity contribution in [2.75, 3.05) is 10.6 Å². The lowest BCUT2D eigenvalue weighted by Gasteiger charge is -2.07. The standard InChI is InChI=1S/C18H16BrN5O/c1-12-9-14(4-5-15(12)19)22-18(25)16-6-7-17(24-23-16)21-11-13-3-2-8-20-10-13/h2-10H,11H2,1H3,(H,21,24)(H,22,25). The van der Waals surface area contributed by atoms with Crippen LogP contribution in [0.25, 0.3) is 0 Å². The summed E-state index contributed by atoms with van der Waals surface area (Å²) in [5.41, 5.74) is 3.05. The SMILES string of the molecule is Cc1cc(NC(=O)c2ccc(NCc3cccnc3)nn2)ccc1Br. The van der Waals surface area contributed by atoms with Crippen molar-refractivity contribution in [2.45, 2.75) is 13.5 Å². The second kappa shape index (κ2) is 7.85. The summed E-state index contributed by atoms with van der Waals surface area (Å²) in [6, 6.07) is 12.8. The van der Waals surface area contributed by atoms with E-state index in [-0.39, 0.29) is 11.6 Å². The minimum Gasteiger partial charge on any atom is -0.364 e. The fraction of sp³-hybridized carbons (Fsp3) is 0.111. The van der Waals surface area contributed by atoms with Crippen LogP contribution in [0.15, 0.2) is 59.3 Å². The topological polar surface area (TPSA) is 79.8 Å². The van der Waals surface area contributed by atoms with Gasteiger partial charge in [-0.2, -0.15) is 0 Å². The van der Waals surface area contributed by atoms with Crippen LogP contribution < -0.4 is 10.6 Å². The molecule has 7 heteroatoms. The summed E-state index contributed by atoms with van der Waals surface area (Å²) in [6.45, 7) is 2.55. The van der Waals surface area contributed by atoms with Gasteiger partial charge >= 0.3 is 0 Å². The molecule has 0 unspecified atom stereocenters. The first-order chi connectivity index (χ1) is 12.1. The number of carbonyl (C=O) groups excluding carboxylic acids is 1. The molecule has 0 aliphatic rings. The van der Waals surface area contributed by atoms with E-state index in [1.54, 1.807) is 24.5 Å². The molecule has 0 saturated heterocycles. The lowest BCUT2D eigenvalue weighted by Crippen LogP contribution is -2.15. The van der Waals surface area contributed by atoms with Crippen molar-refractivity contribution in [1.82, 2.24) is 15.2 Å².